The van der Waals surface area contributed by atoms with E-state index in [2.05, 4.69) is 27.4 Å². The van der Waals surface area contributed by atoms with Crippen LogP contribution in [0.15, 0.2) is 41.9 Å². The van der Waals surface area contributed by atoms with Crippen molar-refractivity contribution in [1.82, 2.24) is 9.88 Å². The fourth-order valence-corrected chi connectivity index (χ4v) is 3.59. The minimum atomic E-state index is -0.417. The molecular weight excluding hydrogens is 268 g/mol. The van der Waals surface area contributed by atoms with E-state index >= 15 is 0 Å². The SMILES string of the molecule is OC(c1ccccn1)C1CCN(Cc2cccs2)CC1. The second kappa shape index (κ2) is 6.48. The molecule has 4 heteroatoms. The van der Waals surface area contributed by atoms with E-state index in [-0.39, 0.29) is 0 Å². The van der Waals surface area contributed by atoms with Crippen molar-refractivity contribution in [2.45, 2.75) is 25.5 Å². The topological polar surface area (TPSA) is 36.4 Å². The number of hydrogen-bond acceptors (Lipinski definition) is 4. The molecule has 2 aromatic rings. The summed E-state index contributed by atoms with van der Waals surface area (Å²) in [5, 5.41) is 12.5. The number of rotatable bonds is 4. The van der Waals surface area contributed by atoms with Gasteiger partial charge in [-0.15, -0.1) is 11.3 Å². The van der Waals surface area contributed by atoms with E-state index in [1.807, 2.05) is 29.5 Å². The fraction of sp³-hybridized carbons (Fsp3) is 0.438. The van der Waals surface area contributed by atoms with Crippen molar-refractivity contribution in [2.24, 2.45) is 5.92 Å². The Morgan fingerprint density at radius 2 is 2.10 bits per heavy atom. The van der Waals surface area contributed by atoms with Crippen molar-refractivity contribution >= 4 is 11.3 Å². The molecule has 3 heterocycles. The van der Waals surface area contributed by atoms with Crippen LogP contribution >= 0.6 is 11.3 Å². The summed E-state index contributed by atoms with van der Waals surface area (Å²) in [6, 6.07) is 10.1. The van der Waals surface area contributed by atoms with Gasteiger partial charge < -0.3 is 5.11 Å². The van der Waals surface area contributed by atoms with Crippen molar-refractivity contribution in [3.63, 3.8) is 0 Å². The molecule has 1 saturated heterocycles. The zero-order valence-electron chi connectivity index (χ0n) is 11.5. The molecule has 0 aliphatic carbocycles. The van der Waals surface area contributed by atoms with Gasteiger partial charge in [0.15, 0.2) is 0 Å². The van der Waals surface area contributed by atoms with E-state index in [1.165, 1.54) is 4.88 Å². The van der Waals surface area contributed by atoms with Crippen LogP contribution in [-0.2, 0) is 6.54 Å². The molecule has 0 aromatic carbocycles. The van der Waals surface area contributed by atoms with Crippen molar-refractivity contribution in [2.75, 3.05) is 13.1 Å². The van der Waals surface area contributed by atoms with Crippen LogP contribution in [-0.4, -0.2) is 28.1 Å². The van der Waals surface area contributed by atoms with Crippen molar-refractivity contribution in [3.8, 4) is 0 Å². The van der Waals surface area contributed by atoms with Crippen LogP contribution in [0.2, 0.25) is 0 Å². The van der Waals surface area contributed by atoms with Crippen LogP contribution in [0.25, 0.3) is 0 Å². The van der Waals surface area contributed by atoms with Crippen LogP contribution in [0.4, 0.5) is 0 Å². The van der Waals surface area contributed by atoms with Gasteiger partial charge in [0.25, 0.3) is 0 Å². The second-order valence-electron chi connectivity index (χ2n) is 5.39. The average Bonchev–Trinajstić information content (AvgIpc) is 3.01. The number of hydrogen-bond donors (Lipinski definition) is 1. The van der Waals surface area contributed by atoms with Gasteiger partial charge in [-0.1, -0.05) is 12.1 Å². The average molecular weight is 288 g/mol. The van der Waals surface area contributed by atoms with Gasteiger partial charge in [0, 0.05) is 17.6 Å². The summed E-state index contributed by atoms with van der Waals surface area (Å²) in [6.45, 7) is 3.17. The van der Waals surface area contributed by atoms with Gasteiger partial charge in [0.2, 0.25) is 0 Å². The third kappa shape index (κ3) is 3.26. The molecule has 1 fully saturated rings. The van der Waals surface area contributed by atoms with Crippen molar-refractivity contribution < 1.29 is 5.11 Å². The van der Waals surface area contributed by atoms with Crippen molar-refractivity contribution in [3.05, 3.63) is 52.5 Å². The Kier molecular flexibility index (Phi) is 4.45. The van der Waals surface area contributed by atoms with E-state index in [4.69, 9.17) is 0 Å². The number of piperidine rings is 1. The fourth-order valence-electron chi connectivity index (χ4n) is 2.84. The largest absolute Gasteiger partial charge is 0.387 e. The Bertz CT molecular complexity index is 507. The Morgan fingerprint density at radius 1 is 1.25 bits per heavy atom. The number of nitrogens with zero attached hydrogens (tertiary/aromatic N) is 2. The Hall–Kier alpha value is -1.23. The molecule has 0 radical (unpaired) electrons. The Labute approximate surface area is 123 Å². The minimum absolute atomic E-state index is 0.337. The molecule has 1 unspecified atom stereocenters. The lowest BCUT2D eigenvalue weighted by Gasteiger charge is -2.33. The second-order valence-corrected chi connectivity index (χ2v) is 6.42. The van der Waals surface area contributed by atoms with Gasteiger partial charge in [-0.3, -0.25) is 9.88 Å². The molecule has 2 aromatic heterocycles. The van der Waals surface area contributed by atoms with E-state index in [0.717, 1.165) is 38.2 Å². The van der Waals surface area contributed by atoms with E-state index in [9.17, 15) is 5.11 Å². The van der Waals surface area contributed by atoms with Gasteiger partial charge >= 0.3 is 0 Å². The number of likely N-dealkylation sites (tertiary alicyclic amines) is 1. The van der Waals surface area contributed by atoms with Crippen LogP contribution in [0.3, 0.4) is 0 Å². The monoisotopic (exact) mass is 288 g/mol. The molecule has 20 heavy (non-hydrogen) atoms. The highest BCUT2D eigenvalue weighted by Gasteiger charge is 2.26. The van der Waals surface area contributed by atoms with Crippen LogP contribution in [0, 0.1) is 5.92 Å². The number of pyridine rings is 1. The summed E-state index contributed by atoms with van der Waals surface area (Å²) < 4.78 is 0. The first kappa shape index (κ1) is 13.7. The maximum absolute atomic E-state index is 10.4. The van der Waals surface area contributed by atoms with E-state index < -0.39 is 6.10 Å². The molecule has 1 atom stereocenters. The third-order valence-corrected chi connectivity index (χ3v) is 4.89. The molecule has 3 rings (SSSR count). The van der Waals surface area contributed by atoms with Crippen LogP contribution in [0.5, 0.6) is 0 Å². The predicted molar refractivity (Wildman–Crippen MR) is 81.5 cm³/mol. The summed E-state index contributed by atoms with van der Waals surface area (Å²) in [5.74, 6) is 0.337. The summed E-state index contributed by atoms with van der Waals surface area (Å²) in [6.07, 6.45) is 3.43. The van der Waals surface area contributed by atoms with E-state index in [1.54, 1.807) is 6.20 Å². The normalized spacial score (nSPS) is 19.1. The first-order valence-electron chi connectivity index (χ1n) is 7.16. The number of aromatic nitrogens is 1. The highest BCUT2D eigenvalue weighted by atomic mass is 32.1. The molecule has 0 bridgehead atoms. The number of thiophene rings is 1. The minimum Gasteiger partial charge on any atom is -0.387 e. The maximum atomic E-state index is 10.4. The van der Waals surface area contributed by atoms with Gasteiger partial charge in [-0.05, 0) is 55.4 Å². The van der Waals surface area contributed by atoms with Gasteiger partial charge in [-0.25, -0.2) is 0 Å². The van der Waals surface area contributed by atoms with E-state index in [0.29, 0.717) is 5.92 Å². The standard InChI is InChI=1S/C16H20N2OS/c19-16(15-5-1-2-8-17-15)13-6-9-18(10-7-13)12-14-4-3-11-20-14/h1-5,8,11,13,16,19H,6-7,9-10,12H2. The molecule has 0 amide bonds. The molecule has 0 spiro atoms. The summed E-state index contributed by atoms with van der Waals surface area (Å²) in [7, 11) is 0. The van der Waals surface area contributed by atoms with Gasteiger partial charge in [-0.2, -0.15) is 0 Å². The lowest BCUT2D eigenvalue weighted by molar-refractivity contribution is 0.0542. The van der Waals surface area contributed by atoms with Crippen LogP contribution in [0.1, 0.15) is 29.5 Å². The lowest BCUT2D eigenvalue weighted by atomic mass is 9.89. The smallest absolute Gasteiger partial charge is 0.0988 e. The summed E-state index contributed by atoms with van der Waals surface area (Å²) in [5.41, 5.74) is 0.809. The Morgan fingerprint density at radius 3 is 2.75 bits per heavy atom. The molecule has 1 N–H and O–H groups in total. The number of aliphatic hydroxyl groups excluding tert-OH is 1. The molecule has 0 saturated carbocycles. The zero-order valence-corrected chi connectivity index (χ0v) is 12.3. The zero-order chi connectivity index (χ0) is 13.8. The molecule has 3 nitrogen and oxygen atoms in total. The predicted octanol–water partition coefficient (Wildman–Crippen LogP) is 3.09. The summed E-state index contributed by atoms with van der Waals surface area (Å²) >= 11 is 1.82. The highest BCUT2D eigenvalue weighted by Crippen LogP contribution is 2.30. The quantitative estimate of drug-likeness (QED) is 0.939. The first-order valence-corrected chi connectivity index (χ1v) is 8.04. The Balaban J connectivity index is 1.53. The third-order valence-electron chi connectivity index (χ3n) is 4.03. The maximum Gasteiger partial charge on any atom is 0.0988 e. The molecular formula is C16H20N2OS. The molecule has 1 aliphatic rings. The molecule has 106 valence electrons. The lowest BCUT2D eigenvalue weighted by Crippen LogP contribution is -2.35. The summed E-state index contributed by atoms with van der Waals surface area (Å²) in [4.78, 5) is 8.18. The van der Waals surface area contributed by atoms with Crippen LogP contribution < -0.4 is 0 Å². The molecule has 1 aliphatic heterocycles. The number of aliphatic hydroxyl groups is 1. The highest BCUT2D eigenvalue weighted by molar-refractivity contribution is 7.09. The van der Waals surface area contributed by atoms with Gasteiger partial charge in [0.1, 0.15) is 0 Å². The van der Waals surface area contributed by atoms with Gasteiger partial charge in [0.05, 0.1) is 11.8 Å². The first-order chi connectivity index (χ1) is 9.83. The van der Waals surface area contributed by atoms with Crippen molar-refractivity contribution in [1.29, 1.82) is 0 Å².